The SMILES string of the molecule is O=C(O)c1cc(C(F)(F)F)cc2c1NC(=O)C21CCC1. The molecule has 1 amide bonds. The highest BCUT2D eigenvalue weighted by atomic mass is 19.4. The van der Waals surface area contributed by atoms with Crippen LogP contribution in [0.5, 0.6) is 0 Å². The Hall–Kier alpha value is -2.05. The predicted molar refractivity (Wildman–Crippen MR) is 62.6 cm³/mol. The summed E-state index contributed by atoms with van der Waals surface area (Å²) in [6.45, 7) is 0. The molecule has 1 aromatic rings. The molecule has 1 spiro atoms. The van der Waals surface area contributed by atoms with E-state index in [1.807, 2.05) is 0 Å². The first-order valence-corrected chi connectivity index (χ1v) is 6.06. The molecule has 106 valence electrons. The monoisotopic (exact) mass is 285 g/mol. The number of amides is 1. The minimum Gasteiger partial charge on any atom is -0.478 e. The molecule has 0 saturated heterocycles. The molecule has 1 aromatic carbocycles. The molecule has 0 atom stereocenters. The lowest BCUT2D eigenvalue weighted by molar-refractivity contribution is -0.137. The number of anilines is 1. The molecule has 1 saturated carbocycles. The van der Waals surface area contributed by atoms with Crippen LogP contribution < -0.4 is 5.32 Å². The normalized spacial score (nSPS) is 19.4. The zero-order valence-corrected chi connectivity index (χ0v) is 10.2. The Labute approximate surface area is 111 Å². The van der Waals surface area contributed by atoms with Gasteiger partial charge in [0.1, 0.15) is 0 Å². The van der Waals surface area contributed by atoms with Crippen molar-refractivity contribution in [1.29, 1.82) is 0 Å². The maximum Gasteiger partial charge on any atom is 0.416 e. The molecule has 3 rings (SSSR count). The first-order chi connectivity index (χ1) is 9.25. The van der Waals surface area contributed by atoms with E-state index in [9.17, 15) is 22.8 Å². The number of hydrogen-bond donors (Lipinski definition) is 2. The van der Waals surface area contributed by atoms with Gasteiger partial charge in [-0.15, -0.1) is 0 Å². The third kappa shape index (κ3) is 1.55. The van der Waals surface area contributed by atoms with Gasteiger partial charge in [0.05, 0.1) is 22.2 Å². The summed E-state index contributed by atoms with van der Waals surface area (Å²) >= 11 is 0. The Morgan fingerprint density at radius 2 is 1.95 bits per heavy atom. The van der Waals surface area contributed by atoms with Gasteiger partial charge in [0.2, 0.25) is 5.91 Å². The molecule has 0 aromatic heterocycles. The van der Waals surface area contributed by atoms with Crippen LogP contribution in [0, 0.1) is 0 Å². The lowest BCUT2D eigenvalue weighted by Gasteiger charge is -2.36. The van der Waals surface area contributed by atoms with E-state index in [-0.39, 0.29) is 11.3 Å². The van der Waals surface area contributed by atoms with E-state index in [2.05, 4.69) is 5.32 Å². The van der Waals surface area contributed by atoms with E-state index < -0.39 is 34.6 Å². The van der Waals surface area contributed by atoms with Gasteiger partial charge in [-0.3, -0.25) is 4.79 Å². The highest BCUT2D eigenvalue weighted by Gasteiger charge is 2.53. The van der Waals surface area contributed by atoms with E-state index in [4.69, 9.17) is 5.11 Å². The van der Waals surface area contributed by atoms with Gasteiger partial charge in [0.25, 0.3) is 0 Å². The van der Waals surface area contributed by atoms with Crippen LogP contribution in [0.3, 0.4) is 0 Å². The molecule has 1 heterocycles. The van der Waals surface area contributed by atoms with Crippen molar-refractivity contribution in [2.75, 3.05) is 5.32 Å². The summed E-state index contributed by atoms with van der Waals surface area (Å²) in [6, 6.07) is 1.47. The Morgan fingerprint density at radius 3 is 2.40 bits per heavy atom. The van der Waals surface area contributed by atoms with Gasteiger partial charge in [-0.2, -0.15) is 13.2 Å². The number of carboxylic acids is 1. The van der Waals surface area contributed by atoms with Crippen molar-refractivity contribution < 1.29 is 27.9 Å². The highest BCUT2D eigenvalue weighted by molar-refractivity contribution is 6.12. The molecule has 2 N–H and O–H groups in total. The van der Waals surface area contributed by atoms with Crippen molar-refractivity contribution in [3.8, 4) is 0 Å². The summed E-state index contributed by atoms with van der Waals surface area (Å²) < 4.78 is 38.6. The number of benzene rings is 1. The van der Waals surface area contributed by atoms with Gasteiger partial charge >= 0.3 is 12.1 Å². The number of carbonyl (C=O) groups excluding carboxylic acids is 1. The summed E-state index contributed by atoms with van der Waals surface area (Å²) in [7, 11) is 0. The average molecular weight is 285 g/mol. The average Bonchev–Trinajstić information content (AvgIpc) is 2.57. The molecular weight excluding hydrogens is 275 g/mol. The largest absolute Gasteiger partial charge is 0.478 e. The standard InChI is InChI=1S/C13H10F3NO3/c14-13(15,16)6-4-7(10(18)19)9-8(5-6)12(2-1-3-12)11(20)17-9/h4-5H,1-3H2,(H,17,20)(H,18,19). The molecule has 20 heavy (non-hydrogen) atoms. The van der Waals surface area contributed by atoms with Crippen molar-refractivity contribution in [2.24, 2.45) is 0 Å². The lowest BCUT2D eigenvalue weighted by atomic mass is 9.65. The maximum absolute atomic E-state index is 12.9. The second kappa shape index (κ2) is 3.74. The summed E-state index contributed by atoms with van der Waals surface area (Å²) in [6.07, 6.45) is -3.00. The number of alkyl halides is 3. The Bertz CT molecular complexity index is 632. The van der Waals surface area contributed by atoms with Crippen molar-refractivity contribution in [3.05, 3.63) is 28.8 Å². The summed E-state index contributed by atoms with van der Waals surface area (Å²) in [5, 5.41) is 11.5. The highest BCUT2D eigenvalue weighted by Crippen LogP contribution is 2.53. The summed E-state index contributed by atoms with van der Waals surface area (Å²) in [5.41, 5.74) is -2.33. The number of hydrogen-bond acceptors (Lipinski definition) is 2. The van der Waals surface area contributed by atoms with Crippen LogP contribution in [0.15, 0.2) is 12.1 Å². The number of rotatable bonds is 1. The van der Waals surface area contributed by atoms with E-state index in [1.165, 1.54) is 0 Å². The number of carboxylic acid groups (broad SMARTS) is 1. The van der Waals surface area contributed by atoms with Crippen molar-refractivity contribution in [2.45, 2.75) is 30.9 Å². The zero-order valence-electron chi connectivity index (χ0n) is 10.2. The molecule has 0 bridgehead atoms. The van der Waals surface area contributed by atoms with Crippen LogP contribution in [0.2, 0.25) is 0 Å². The molecular formula is C13H10F3NO3. The second-order valence-electron chi connectivity index (χ2n) is 5.14. The second-order valence-corrected chi connectivity index (χ2v) is 5.14. The fourth-order valence-corrected chi connectivity index (χ4v) is 2.87. The van der Waals surface area contributed by atoms with Crippen LogP contribution in [-0.2, 0) is 16.4 Å². The molecule has 0 unspecified atom stereocenters. The summed E-state index contributed by atoms with van der Waals surface area (Å²) in [4.78, 5) is 23.1. The van der Waals surface area contributed by atoms with E-state index in [0.717, 1.165) is 12.5 Å². The molecule has 1 fully saturated rings. The third-order valence-corrected chi connectivity index (χ3v) is 4.09. The van der Waals surface area contributed by atoms with Crippen LogP contribution in [0.1, 0.15) is 40.7 Å². The number of halogens is 3. The number of aromatic carboxylic acids is 1. The van der Waals surface area contributed by atoms with Crippen LogP contribution >= 0.6 is 0 Å². The molecule has 1 aliphatic heterocycles. The minimum atomic E-state index is -4.64. The molecule has 2 aliphatic rings. The number of fused-ring (bicyclic) bond motifs is 2. The first kappa shape index (κ1) is 13.0. The molecule has 4 nitrogen and oxygen atoms in total. The maximum atomic E-state index is 12.9. The van der Waals surface area contributed by atoms with Gasteiger partial charge in [0.15, 0.2) is 0 Å². The molecule has 7 heteroatoms. The topological polar surface area (TPSA) is 66.4 Å². The molecule has 1 aliphatic carbocycles. The van der Waals surface area contributed by atoms with Gasteiger partial charge < -0.3 is 10.4 Å². The molecule has 0 radical (unpaired) electrons. The Morgan fingerprint density at radius 1 is 1.30 bits per heavy atom. The number of carbonyl (C=O) groups is 2. The fourth-order valence-electron chi connectivity index (χ4n) is 2.87. The zero-order chi connectivity index (χ0) is 14.7. The van der Waals surface area contributed by atoms with Crippen LogP contribution in [0.4, 0.5) is 18.9 Å². The third-order valence-electron chi connectivity index (χ3n) is 4.09. The Kier molecular flexibility index (Phi) is 2.42. The van der Waals surface area contributed by atoms with Gasteiger partial charge in [-0.25, -0.2) is 4.79 Å². The van der Waals surface area contributed by atoms with E-state index in [0.29, 0.717) is 18.9 Å². The van der Waals surface area contributed by atoms with Gasteiger partial charge in [-0.05, 0) is 30.5 Å². The van der Waals surface area contributed by atoms with E-state index >= 15 is 0 Å². The van der Waals surface area contributed by atoms with Gasteiger partial charge in [0, 0.05) is 0 Å². The van der Waals surface area contributed by atoms with Crippen LogP contribution in [-0.4, -0.2) is 17.0 Å². The van der Waals surface area contributed by atoms with Crippen molar-refractivity contribution in [3.63, 3.8) is 0 Å². The van der Waals surface area contributed by atoms with E-state index in [1.54, 1.807) is 0 Å². The minimum absolute atomic E-state index is 0.00944. The Balaban J connectivity index is 2.26. The quantitative estimate of drug-likeness (QED) is 0.833. The smallest absolute Gasteiger partial charge is 0.416 e. The van der Waals surface area contributed by atoms with Crippen LogP contribution in [0.25, 0.3) is 0 Å². The number of nitrogens with one attached hydrogen (secondary N) is 1. The first-order valence-electron chi connectivity index (χ1n) is 6.06. The summed E-state index contributed by atoms with van der Waals surface area (Å²) in [5.74, 6) is -1.88. The fraction of sp³-hybridized carbons (Fsp3) is 0.385. The van der Waals surface area contributed by atoms with Gasteiger partial charge in [-0.1, -0.05) is 6.42 Å². The van der Waals surface area contributed by atoms with Crippen molar-refractivity contribution in [1.82, 2.24) is 0 Å². The predicted octanol–water partition coefficient (Wildman–Crippen LogP) is 2.78. The lowest BCUT2D eigenvalue weighted by Crippen LogP contribution is -2.40. The van der Waals surface area contributed by atoms with Crippen molar-refractivity contribution >= 4 is 17.6 Å².